The van der Waals surface area contributed by atoms with E-state index in [0.717, 1.165) is 29.7 Å². The standard InChI is InChI=1S/C22H25N3O4S/c1-5-29-22(28)17-12(3)19(24-13(17)4)15(26)9-25-10-23-20-18(21(25)27)14-7-6-11(2)8-16(14)30-20/h10-11,24H,5-9H2,1-4H3/t11-/m1/s1. The van der Waals surface area contributed by atoms with Crippen molar-refractivity contribution >= 4 is 33.3 Å². The number of hydrogen-bond acceptors (Lipinski definition) is 6. The Bertz CT molecular complexity index is 1220. The van der Waals surface area contributed by atoms with Crippen LogP contribution in [0.3, 0.4) is 0 Å². The average Bonchev–Trinajstić information content (AvgIpc) is 3.20. The van der Waals surface area contributed by atoms with Crippen LogP contribution in [0.25, 0.3) is 10.2 Å². The summed E-state index contributed by atoms with van der Waals surface area (Å²) in [5, 5.41) is 0.656. The molecule has 8 heteroatoms. The Kier molecular flexibility index (Phi) is 5.36. The van der Waals surface area contributed by atoms with Gasteiger partial charge in [-0.1, -0.05) is 6.92 Å². The molecule has 0 fully saturated rings. The molecule has 0 aliphatic heterocycles. The lowest BCUT2D eigenvalue weighted by atomic mass is 9.89. The highest BCUT2D eigenvalue weighted by Crippen LogP contribution is 2.35. The molecule has 0 amide bonds. The number of carbonyl (C=O) groups is 2. The summed E-state index contributed by atoms with van der Waals surface area (Å²) in [4.78, 5) is 47.8. The molecule has 0 unspecified atom stereocenters. The first kappa shape index (κ1) is 20.5. The first-order valence-electron chi connectivity index (χ1n) is 10.2. The van der Waals surface area contributed by atoms with Crippen LogP contribution in [-0.2, 0) is 24.1 Å². The summed E-state index contributed by atoms with van der Waals surface area (Å²) in [7, 11) is 0. The van der Waals surface area contributed by atoms with Crippen LogP contribution in [0.5, 0.6) is 0 Å². The van der Waals surface area contributed by atoms with Crippen molar-refractivity contribution in [2.24, 2.45) is 5.92 Å². The summed E-state index contributed by atoms with van der Waals surface area (Å²) in [5.74, 6) is -0.114. The van der Waals surface area contributed by atoms with Gasteiger partial charge in [0.2, 0.25) is 0 Å². The van der Waals surface area contributed by atoms with Crippen molar-refractivity contribution in [1.29, 1.82) is 0 Å². The Balaban J connectivity index is 1.68. The Labute approximate surface area is 178 Å². The number of thiophene rings is 1. The molecule has 7 nitrogen and oxygen atoms in total. The van der Waals surface area contributed by atoms with Crippen molar-refractivity contribution in [3.63, 3.8) is 0 Å². The zero-order chi connectivity index (χ0) is 21.6. The van der Waals surface area contributed by atoms with E-state index in [4.69, 9.17) is 4.74 Å². The predicted octanol–water partition coefficient (Wildman–Crippen LogP) is 3.59. The van der Waals surface area contributed by atoms with Crippen LogP contribution in [0.2, 0.25) is 0 Å². The van der Waals surface area contributed by atoms with Gasteiger partial charge < -0.3 is 9.72 Å². The van der Waals surface area contributed by atoms with Gasteiger partial charge in [0, 0.05) is 10.6 Å². The number of fused-ring (bicyclic) bond motifs is 3. The number of H-pyrrole nitrogens is 1. The van der Waals surface area contributed by atoms with E-state index >= 15 is 0 Å². The number of nitrogens with zero attached hydrogens (tertiary/aromatic N) is 2. The van der Waals surface area contributed by atoms with E-state index in [1.165, 1.54) is 15.8 Å². The summed E-state index contributed by atoms with van der Waals surface area (Å²) in [6, 6.07) is 0. The average molecular weight is 428 g/mol. The Hall–Kier alpha value is -2.74. The number of aryl methyl sites for hydroxylation is 2. The second-order valence-corrected chi connectivity index (χ2v) is 9.06. The Morgan fingerprint density at radius 2 is 2.13 bits per heavy atom. The molecule has 3 aromatic heterocycles. The summed E-state index contributed by atoms with van der Waals surface area (Å²) in [6.45, 7) is 7.53. The molecule has 4 rings (SSSR count). The third-order valence-corrected chi connectivity index (χ3v) is 6.95. The lowest BCUT2D eigenvalue weighted by molar-refractivity contribution is 0.0525. The van der Waals surface area contributed by atoms with Crippen molar-refractivity contribution in [3.05, 3.63) is 49.6 Å². The third-order valence-electron chi connectivity index (χ3n) is 5.79. The van der Waals surface area contributed by atoms with Gasteiger partial charge >= 0.3 is 5.97 Å². The summed E-state index contributed by atoms with van der Waals surface area (Å²) >= 11 is 1.59. The molecule has 3 heterocycles. The molecule has 0 spiro atoms. The van der Waals surface area contributed by atoms with Crippen LogP contribution in [0, 0.1) is 19.8 Å². The van der Waals surface area contributed by atoms with Crippen LogP contribution >= 0.6 is 11.3 Å². The van der Waals surface area contributed by atoms with Crippen LogP contribution in [0.1, 0.15) is 62.8 Å². The van der Waals surface area contributed by atoms with E-state index in [2.05, 4.69) is 16.9 Å². The van der Waals surface area contributed by atoms with Crippen molar-refractivity contribution < 1.29 is 14.3 Å². The molecule has 1 N–H and O–H groups in total. The SMILES string of the molecule is CCOC(=O)c1c(C)[nH]c(C(=O)Cn2cnc3sc4c(c3c2=O)CC[C@@H](C)C4)c1C. The molecule has 1 aliphatic rings. The van der Waals surface area contributed by atoms with Gasteiger partial charge in [0.15, 0.2) is 5.78 Å². The maximum absolute atomic E-state index is 13.2. The number of ketones is 1. The smallest absolute Gasteiger partial charge is 0.340 e. The van der Waals surface area contributed by atoms with Gasteiger partial charge in [0.05, 0.1) is 36.1 Å². The van der Waals surface area contributed by atoms with E-state index in [1.54, 1.807) is 32.1 Å². The maximum Gasteiger partial charge on any atom is 0.340 e. The minimum Gasteiger partial charge on any atom is -0.462 e. The van der Waals surface area contributed by atoms with E-state index in [9.17, 15) is 14.4 Å². The molecule has 30 heavy (non-hydrogen) atoms. The highest BCUT2D eigenvalue weighted by Gasteiger charge is 2.25. The fourth-order valence-corrected chi connectivity index (χ4v) is 5.59. The third kappa shape index (κ3) is 3.39. The molecule has 1 aliphatic carbocycles. The van der Waals surface area contributed by atoms with E-state index in [0.29, 0.717) is 33.8 Å². The highest BCUT2D eigenvalue weighted by atomic mass is 32.1. The molecule has 3 aromatic rings. The minimum absolute atomic E-state index is 0.133. The zero-order valence-electron chi connectivity index (χ0n) is 17.6. The van der Waals surface area contributed by atoms with E-state index in [1.807, 2.05) is 0 Å². The van der Waals surface area contributed by atoms with Gasteiger partial charge in [-0.25, -0.2) is 9.78 Å². The second kappa shape index (κ2) is 7.83. The van der Waals surface area contributed by atoms with Gasteiger partial charge in [-0.05, 0) is 57.1 Å². The van der Waals surface area contributed by atoms with Crippen LogP contribution in [0.15, 0.2) is 11.1 Å². The Morgan fingerprint density at radius 1 is 1.37 bits per heavy atom. The number of esters is 1. The fraction of sp³-hybridized carbons (Fsp3) is 0.455. The summed E-state index contributed by atoms with van der Waals surface area (Å²) in [6.07, 6.45) is 4.37. The topological polar surface area (TPSA) is 94.1 Å². The molecular weight excluding hydrogens is 402 g/mol. The predicted molar refractivity (Wildman–Crippen MR) is 116 cm³/mol. The molecule has 0 saturated carbocycles. The zero-order valence-corrected chi connectivity index (χ0v) is 18.4. The lowest BCUT2D eigenvalue weighted by Crippen LogP contribution is -2.25. The van der Waals surface area contributed by atoms with Crippen molar-refractivity contribution in [1.82, 2.24) is 14.5 Å². The van der Waals surface area contributed by atoms with E-state index in [-0.39, 0.29) is 24.5 Å². The Morgan fingerprint density at radius 3 is 2.87 bits per heavy atom. The van der Waals surface area contributed by atoms with Gasteiger partial charge in [0.25, 0.3) is 5.56 Å². The summed E-state index contributed by atoms with van der Waals surface area (Å²) in [5.41, 5.74) is 2.75. The van der Waals surface area contributed by atoms with Gasteiger partial charge in [-0.2, -0.15) is 0 Å². The largest absolute Gasteiger partial charge is 0.462 e. The summed E-state index contributed by atoms with van der Waals surface area (Å²) < 4.78 is 6.46. The molecule has 0 radical (unpaired) electrons. The van der Waals surface area contributed by atoms with E-state index < -0.39 is 5.97 Å². The fourth-order valence-electron chi connectivity index (χ4n) is 4.25. The van der Waals surface area contributed by atoms with Crippen LogP contribution < -0.4 is 5.56 Å². The lowest BCUT2D eigenvalue weighted by Gasteiger charge is -2.17. The molecular formula is C22H25N3O4S. The van der Waals surface area contributed by atoms with Crippen LogP contribution in [-0.4, -0.2) is 32.9 Å². The monoisotopic (exact) mass is 427 g/mol. The number of hydrogen-bond donors (Lipinski definition) is 1. The van der Waals surface area contributed by atoms with Crippen molar-refractivity contribution in [2.75, 3.05) is 6.61 Å². The molecule has 1 atom stereocenters. The normalized spacial score (nSPS) is 15.9. The van der Waals surface area contributed by atoms with Crippen LogP contribution in [0.4, 0.5) is 0 Å². The number of nitrogens with one attached hydrogen (secondary N) is 1. The number of rotatable bonds is 5. The number of aromatic nitrogens is 3. The number of aromatic amines is 1. The molecule has 158 valence electrons. The number of Topliss-reactive ketones (excluding diaryl/α,β-unsaturated/α-hetero) is 1. The van der Waals surface area contributed by atoms with Gasteiger partial charge in [-0.3, -0.25) is 14.2 Å². The molecule has 0 bridgehead atoms. The maximum atomic E-state index is 13.2. The minimum atomic E-state index is -0.456. The van der Waals surface area contributed by atoms with Crippen molar-refractivity contribution in [3.8, 4) is 0 Å². The first-order chi connectivity index (χ1) is 14.3. The first-order valence-corrected chi connectivity index (χ1v) is 11.0. The van der Waals surface area contributed by atoms with Gasteiger partial charge in [-0.15, -0.1) is 11.3 Å². The molecule has 0 saturated heterocycles. The van der Waals surface area contributed by atoms with Crippen molar-refractivity contribution in [2.45, 2.75) is 53.5 Å². The number of carbonyl (C=O) groups excluding carboxylic acids is 2. The highest BCUT2D eigenvalue weighted by molar-refractivity contribution is 7.18. The second-order valence-electron chi connectivity index (χ2n) is 7.98. The quantitative estimate of drug-likeness (QED) is 0.496. The number of ether oxygens (including phenoxy) is 1. The van der Waals surface area contributed by atoms with Gasteiger partial charge in [0.1, 0.15) is 4.83 Å². The molecule has 0 aromatic carbocycles.